The minimum atomic E-state index is -0.708. The molecule has 0 aromatic heterocycles. The minimum Gasteiger partial charge on any atom is -0.480 e. The van der Waals surface area contributed by atoms with E-state index in [4.69, 9.17) is 5.11 Å². The molecule has 1 saturated heterocycles. The summed E-state index contributed by atoms with van der Waals surface area (Å²) in [6.45, 7) is 4.52. The molecule has 80 valence electrons. The standard InChI is InChI=1S/C10H17NO2S/c1-10(2)3-6(10)7-4-14-5-8(11-7)9(12)13/h6-8,11H,3-5H2,1-2H3,(H,12,13). The Hall–Kier alpha value is -0.220. The lowest BCUT2D eigenvalue weighted by atomic mass is 10.0. The first-order valence-corrected chi connectivity index (χ1v) is 6.23. The molecule has 2 N–H and O–H groups in total. The Morgan fingerprint density at radius 3 is 2.64 bits per heavy atom. The number of carboxylic acid groups (broad SMARTS) is 1. The van der Waals surface area contributed by atoms with E-state index in [0.29, 0.717) is 23.1 Å². The fraction of sp³-hybridized carbons (Fsp3) is 0.900. The minimum absolute atomic E-state index is 0.338. The number of nitrogens with one attached hydrogen (secondary N) is 1. The van der Waals surface area contributed by atoms with Crippen molar-refractivity contribution < 1.29 is 9.90 Å². The van der Waals surface area contributed by atoms with Crippen LogP contribution >= 0.6 is 11.8 Å². The first-order valence-electron chi connectivity index (χ1n) is 5.07. The summed E-state index contributed by atoms with van der Waals surface area (Å²) in [6, 6.07) is 0.0694. The summed E-state index contributed by atoms with van der Waals surface area (Å²) in [5.41, 5.74) is 0.429. The highest BCUT2D eigenvalue weighted by atomic mass is 32.2. The van der Waals surface area contributed by atoms with Gasteiger partial charge in [-0.25, -0.2) is 0 Å². The molecule has 0 aromatic carbocycles. The number of rotatable bonds is 2. The van der Waals surface area contributed by atoms with Gasteiger partial charge in [-0.1, -0.05) is 13.8 Å². The Balaban J connectivity index is 1.92. The normalized spacial score (nSPS) is 40.6. The van der Waals surface area contributed by atoms with Crippen LogP contribution in [0.3, 0.4) is 0 Å². The van der Waals surface area contributed by atoms with Crippen molar-refractivity contribution in [3.63, 3.8) is 0 Å². The van der Waals surface area contributed by atoms with Gasteiger partial charge in [0.15, 0.2) is 0 Å². The van der Waals surface area contributed by atoms with E-state index in [9.17, 15) is 4.79 Å². The Labute approximate surface area is 88.6 Å². The Morgan fingerprint density at radius 2 is 2.14 bits per heavy atom. The number of hydrogen-bond acceptors (Lipinski definition) is 3. The summed E-state index contributed by atoms with van der Waals surface area (Å²) in [6.07, 6.45) is 1.23. The first kappa shape index (κ1) is 10.3. The largest absolute Gasteiger partial charge is 0.480 e. The monoisotopic (exact) mass is 215 g/mol. The molecule has 2 aliphatic rings. The molecule has 2 rings (SSSR count). The van der Waals surface area contributed by atoms with Crippen LogP contribution in [0.1, 0.15) is 20.3 Å². The summed E-state index contributed by atoms with van der Waals surface area (Å²) < 4.78 is 0. The molecule has 14 heavy (non-hydrogen) atoms. The molecule has 3 atom stereocenters. The molecule has 3 unspecified atom stereocenters. The number of hydrogen-bond donors (Lipinski definition) is 2. The van der Waals surface area contributed by atoms with Gasteiger partial charge >= 0.3 is 5.97 Å². The van der Waals surface area contributed by atoms with Gasteiger partial charge in [-0.05, 0) is 17.8 Å². The Bertz CT molecular complexity index is 255. The van der Waals surface area contributed by atoms with E-state index in [1.165, 1.54) is 6.42 Å². The summed E-state index contributed by atoms with van der Waals surface area (Å²) in [5, 5.41) is 12.2. The van der Waals surface area contributed by atoms with E-state index in [0.717, 1.165) is 5.75 Å². The predicted octanol–water partition coefficient (Wildman–Crippen LogP) is 1.19. The smallest absolute Gasteiger partial charge is 0.321 e. The number of thioether (sulfide) groups is 1. The molecule has 0 spiro atoms. The molecular formula is C10H17NO2S. The van der Waals surface area contributed by atoms with Gasteiger partial charge in [0.25, 0.3) is 0 Å². The molecular weight excluding hydrogens is 198 g/mol. The SMILES string of the molecule is CC1(C)CC1C1CSCC(C(=O)O)N1. The number of aliphatic carboxylic acids is 1. The van der Waals surface area contributed by atoms with Gasteiger partial charge in [-0.15, -0.1) is 0 Å². The lowest BCUT2D eigenvalue weighted by Crippen LogP contribution is -2.51. The van der Waals surface area contributed by atoms with Crippen LogP contribution in [0.25, 0.3) is 0 Å². The van der Waals surface area contributed by atoms with Gasteiger partial charge in [0, 0.05) is 17.5 Å². The molecule has 1 saturated carbocycles. The molecule has 0 amide bonds. The highest BCUT2D eigenvalue weighted by molar-refractivity contribution is 7.99. The maximum Gasteiger partial charge on any atom is 0.321 e. The molecule has 0 aromatic rings. The van der Waals surface area contributed by atoms with Gasteiger partial charge in [-0.2, -0.15) is 11.8 Å². The van der Waals surface area contributed by atoms with Crippen LogP contribution < -0.4 is 5.32 Å². The third-order valence-electron chi connectivity index (χ3n) is 3.37. The lowest BCUT2D eigenvalue weighted by Gasteiger charge is -2.29. The molecule has 1 aliphatic carbocycles. The summed E-state index contributed by atoms with van der Waals surface area (Å²) in [4.78, 5) is 10.8. The van der Waals surface area contributed by atoms with E-state index in [-0.39, 0.29) is 6.04 Å². The van der Waals surface area contributed by atoms with Crippen LogP contribution in [-0.4, -0.2) is 34.7 Å². The first-order chi connectivity index (χ1) is 6.50. The lowest BCUT2D eigenvalue weighted by molar-refractivity contribution is -0.139. The molecule has 1 aliphatic heterocycles. The van der Waals surface area contributed by atoms with Gasteiger partial charge in [-0.3, -0.25) is 10.1 Å². The third kappa shape index (κ3) is 1.91. The second-order valence-corrected chi connectivity index (χ2v) is 6.08. The van der Waals surface area contributed by atoms with E-state index in [2.05, 4.69) is 19.2 Å². The van der Waals surface area contributed by atoms with Gasteiger partial charge in [0.1, 0.15) is 6.04 Å². The molecule has 4 heteroatoms. The van der Waals surface area contributed by atoms with Crippen molar-refractivity contribution in [2.45, 2.75) is 32.4 Å². The van der Waals surface area contributed by atoms with Crippen molar-refractivity contribution in [3.8, 4) is 0 Å². The fourth-order valence-electron chi connectivity index (χ4n) is 2.24. The van der Waals surface area contributed by atoms with Gasteiger partial charge in [0.05, 0.1) is 0 Å². The summed E-state index contributed by atoms with van der Waals surface area (Å²) >= 11 is 1.77. The Morgan fingerprint density at radius 1 is 1.50 bits per heavy atom. The maximum atomic E-state index is 10.8. The zero-order valence-electron chi connectivity index (χ0n) is 8.62. The highest BCUT2D eigenvalue weighted by Gasteiger charge is 2.51. The van der Waals surface area contributed by atoms with Crippen molar-refractivity contribution >= 4 is 17.7 Å². The topological polar surface area (TPSA) is 49.3 Å². The van der Waals surface area contributed by atoms with Crippen molar-refractivity contribution in [3.05, 3.63) is 0 Å². The zero-order valence-corrected chi connectivity index (χ0v) is 9.43. The third-order valence-corrected chi connectivity index (χ3v) is 4.53. The molecule has 0 radical (unpaired) electrons. The zero-order chi connectivity index (χ0) is 10.3. The van der Waals surface area contributed by atoms with E-state index >= 15 is 0 Å². The van der Waals surface area contributed by atoms with Crippen LogP contribution in [0.5, 0.6) is 0 Å². The van der Waals surface area contributed by atoms with Crippen LogP contribution in [0.2, 0.25) is 0 Å². The molecule has 0 bridgehead atoms. The average Bonchev–Trinajstić information content (AvgIpc) is 2.75. The predicted molar refractivity (Wildman–Crippen MR) is 57.6 cm³/mol. The molecule has 3 nitrogen and oxygen atoms in total. The summed E-state index contributed by atoms with van der Waals surface area (Å²) in [5.74, 6) is 1.74. The van der Waals surface area contributed by atoms with Crippen LogP contribution in [-0.2, 0) is 4.79 Å². The van der Waals surface area contributed by atoms with Gasteiger partial charge in [0.2, 0.25) is 0 Å². The van der Waals surface area contributed by atoms with Crippen LogP contribution in [0.4, 0.5) is 0 Å². The van der Waals surface area contributed by atoms with E-state index < -0.39 is 5.97 Å². The summed E-state index contributed by atoms with van der Waals surface area (Å²) in [7, 11) is 0. The molecule has 2 fully saturated rings. The second-order valence-electron chi connectivity index (χ2n) is 5.00. The quantitative estimate of drug-likeness (QED) is 0.726. The van der Waals surface area contributed by atoms with Crippen molar-refractivity contribution in [2.75, 3.05) is 11.5 Å². The number of carboxylic acids is 1. The van der Waals surface area contributed by atoms with Crippen molar-refractivity contribution in [1.82, 2.24) is 5.32 Å². The second kappa shape index (κ2) is 3.42. The van der Waals surface area contributed by atoms with Crippen LogP contribution in [0.15, 0.2) is 0 Å². The molecule has 1 heterocycles. The van der Waals surface area contributed by atoms with E-state index in [1.54, 1.807) is 11.8 Å². The maximum absolute atomic E-state index is 10.8. The van der Waals surface area contributed by atoms with Crippen LogP contribution in [0, 0.1) is 11.3 Å². The highest BCUT2D eigenvalue weighted by Crippen LogP contribution is 2.54. The van der Waals surface area contributed by atoms with Gasteiger partial charge < -0.3 is 5.11 Å². The van der Waals surface area contributed by atoms with Crippen molar-refractivity contribution in [2.24, 2.45) is 11.3 Å². The average molecular weight is 215 g/mol. The van der Waals surface area contributed by atoms with E-state index in [1.807, 2.05) is 0 Å². The Kier molecular flexibility index (Phi) is 2.52. The number of carbonyl (C=O) groups is 1. The fourth-order valence-corrected chi connectivity index (χ4v) is 3.43. The van der Waals surface area contributed by atoms with Crippen molar-refractivity contribution in [1.29, 1.82) is 0 Å².